The molecule has 0 saturated carbocycles. The van der Waals surface area contributed by atoms with Gasteiger partial charge in [0.15, 0.2) is 0 Å². The van der Waals surface area contributed by atoms with Crippen molar-refractivity contribution in [3.63, 3.8) is 0 Å². The van der Waals surface area contributed by atoms with Gasteiger partial charge in [-0.1, -0.05) is 12.1 Å². The molecule has 106 valence electrons. The minimum absolute atomic E-state index is 0.204. The fourth-order valence-electron chi connectivity index (χ4n) is 1.74. The summed E-state index contributed by atoms with van der Waals surface area (Å²) in [7, 11) is 0. The standard InChI is InChI=1S/C14H18N4O2/c1-10-11(9-17-18-10)8-16-12-4-2-3-5-13(12)20-7-6-14(15)19/h2-5,9,16H,6-8H2,1H3,(H2,15,19)(H,17,18). The smallest absolute Gasteiger partial charge is 0.220 e. The molecule has 6 nitrogen and oxygen atoms in total. The quantitative estimate of drug-likeness (QED) is 0.714. The number of benzene rings is 1. The van der Waals surface area contributed by atoms with Crippen LogP contribution in [-0.4, -0.2) is 22.7 Å². The SMILES string of the molecule is Cc1[nH]ncc1CNc1ccccc1OCCC(N)=O. The molecule has 0 aliphatic rings. The van der Waals surface area contributed by atoms with Crippen LogP contribution in [0, 0.1) is 6.92 Å². The number of carbonyl (C=O) groups is 1. The van der Waals surface area contributed by atoms with Crippen LogP contribution >= 0.6 is 0 Å². The highest BCUT2D eigenvalue weighted by Gasteiger charge is 2.05. The Morgan fingerprint density at radius 2 is 2.25 bits per heavy atom. The summed E-state index contributed by atoms with van der Waals surface area (Å²) < 4.78 is 5.56. The predicted octanol–water partition coefficient (Wildman–Crippen LogP) is 1.58. The fraction of sp³-hybridized carbons (Fsp3) is 0.286. The van der Waals surface area contributed by atoms with E-state index in [2.05, 4.69) is 15.5 Å². The number of carbonyl (C=O) groups excluding carboxylic acids is 1. The molecule has 0 saturated heterocycles. The lowest BCUT2D eigenvalue weighted by molar-refractivity contribution is -0.118. The van der Waals surface area contributed by atoms with Crippen LogP contribution in [0.5, 0.6) is 5.75 Å². The summed E-state index contributed by atoms with van der Waals surface area (Å²) in [6.45, 7) is 2.90. The van der Waals surface area contributed by atoms with E-state index in [-0.39, 0.29) is 18.9 Å². The minimum Gasteiger partial charge on any atom is -0.491 e. The van der Waals surface area contributed by atoms with Gasteiger partial charge in [-0.15, -0.1) is 0 Å². The van der Waals surface area contributed by atoms with Crippen LogP contribution in [0.2, 0.25) is 0 Å². The third-order valence-electron chi connectivity index (χ3n) is 2.90. The van der Waals surface area contributed by atoms with E-state index in [0.717, 1.165) is 16.9 Å². The number of nitrogens with two attached hydrogens (primary N) is 1. The highest BCUT2D eigenvalue weighted by atomic mass is 16.5. The third kappa shape index (κ3) is 3.74. The van der Waals surface area contributed by atoms with E-state index in [1.165, 1.54) is 0 Å². The Labute approximate surface area is 117 Å². The van der Waals surface area contributed by atoms with Crippen molar-refractivity contribution < 1.29 is 9.53 Å². The maximum atomic E-state index is 10.7. The van der Waals surface area contributed by atoms with Crippen molar-refractivity contribution in [3.8, 4) is 5.75 Å². The van der Waals surface area contributed by atoms with Gasteiger partial charge in [0, 0.05) is 17.8 Å². The molecule has 1 amide bonds. The van der Waals surface area contributed by atoms with Crippen molar-refractivity contribution in [2.24, 2.45) is 5.73 Å². The molecule has 0 spiro atoms. The average molecular weight is 274 g/mol. The van der Waals surface area contributed by atoms with Gasteiger partial charge in [-0.2, -0.15) is 5.10 Å². The molecule has 0 radical (unpaired) electrons. The van der Waals surface area contributed by atoms with Gasteiger partial charge in [-0.05, 0) is 19.1 Å². The first-order chi connectivity index (χ1) is 9.66. The number of para-hydroxylation sites is 2. The molecule has 0 atom stereocenters. The number of nitrogens with zero attached hydrogens (tertiary/aromatic N) is 1. The maximum absolute atomic E-state index is 10.7. The molecule has 0 unspecified atom stereocenters. The van der Waals surface area contributed by atoms with Gasteiger partial charge in [0.1, 0.15) is 5.75 Å². The number of aryl methyl sites for hydroxylation is 1. The highest BCUT2D eigenvalue weighted by Crippen LogP contribution is 2.24. The van der Waals surface area contributed by atoms with Crippen LogP contribution in [0.4, 0.5) is 5.69 Å². The van der Waals surface area contributed by atoms with Gasteiger partial charge in [-0.3, -0.25) is 9.89 Å². The average Bonchev–Trinajstić information content (AvgIpc) is 2.83. The van der Waals surface area contributed by atoms with Crippen LogP contribution in [0.25, 0.3) is 0 Å². The molecule has 1 heterocycles. The molecule has 20 heavy (non-hydrogen) atoms. The number of primary amides is 1. The normalized spacial score (nSPS) is 10.2. The Bertz CT molecular complexity index is 580. The predicted molar refractivity (Wildman–Crippen MR) is 76.4 cm³/mol. The summed E-state index contributed by atoms with van der Waals surface area (Å²) in [5.41, 5.74) is 8.09. The Morgan fingerprint density at radius 3 is 2.95 bits per heavy atom. The Balaban J connectivity index is 1.97. The van der Waals surface area contributed by atoms with E-state index < -0.39 is 0 Å². The fourth-order valence-corrected chi connectivity index (χ4v) is 1.74. The van der Waals surface area contributed by atoms with E-state index in [1.54, 1.807) is 6.20 Å². The van der Waals surface area contributed by atoms with E-state index in [4.69, 9.17) is 10.5 Å². The number of nitrogens with one attached hydrogen (secondary N) is 2. The zero-order valence-electron chi connectivity index (χ0n) is 11.3. The number of aromatic nitrogens is 2. The van der Waals surface area contributed by atoms with Crippen molar-refractivity contribution in [2.45, 2.75) is 19.9 Å². The second kappa shape index (κ2) is 6.60. The van der Waals surface area contributed by atoms with Crippen molar-refractivity contribution in [2.75, 3.05) is 11.9 Å². The Morgan fingerprint density at radius 1 is 1.45 bits per heavy atom. The Kier molecular flexibility index (Phi) is 4.60. The molecule has 4 N–H and O–H groups in total. The lowest BCUT2D eigenvalue weighted by Gasteiger charge is -2.12. The van der Waals surface area contributed by atoms with Gasteiger partial charge >= 0.3 is 0 Å². The van der Waals surface area contributed by atoms with E-state index >= 15 is 0 Å². The number of aromatic amines is 1. The summed E-state index contributed by atoms with van der Waals surface area (Å²) in [5, 5.41) is 10.2. The van der Waals surface area contributed by atoms with E-state index in [1.807, 2.05) is 31.2 Å². The monoisotopic (exact) mass is 274 g/mol. The Hall–Kier alpha value is -2.50. The number of H-pyrrole nitrogens is 1. The molecule has 2 aromatic rings. The van der Waals surface area contributed by atoms with Crippen LogP contribution in [0.1, 0.15) is 17.7 Å². The molecule has 0 aliphatic heterocycles. The number of amides is 1. The highest BCUT2D eigenvalue weighted by molar-refractivity contribution is 5.73. The summed E-state index contributed by atoms with van der Waals surface area (Å²) in [4.78, 5) is 10.7. The molecule has 1 aromatic carbocycles. The van der Waals surface area contributed by atoms with Gasteiger partial charge < -0.3 is 15.8 Å². The third-order valence-corrected chi connectivity index (χ3v) is 2.90. The number of hydrogen-bond donors (Lipinski definition) is 3. The minimum atomic E-state index is -0.371. The molecule has 1 aromatic heterocycles. The van der Waals surface area contributed by atoms with Crippen LogP contribution in [0.15, 0.2) is 30.5 Å². The van der Waals surface area contributed by atoms with Crippen molar-refractivity contribution in [3.05, 3.63) is 41.7 Å². The van der Waals surface area contributed by atoms with Crippen molar-refractivity contribution in [1.29, 1.82) is 0 Å². The molecular weight excluding hydrogens is 256 g/mol. The molecule has 2 rings (SSSR count). The van der Waals surface area contributed by atoms with Crippen molar-refractivity contribution >= 4 is 11.6 Å². The zero-order chi connectivity index (χ0) is 14.4. The topological polar surface area (TPSA) is 93.0 Å². The molecular formula is C14H18N4O2. The largest absolute Gasteiger partial charge is 0.491 e. The number of rotatable bonds is 7. The number of hydrogen-bond acceptors (Lipinski definition) is 4. The van der Waals surface area contributed by atoms with E-state index in [0.29, 0.717) is 12.3 Å². The second-order valence-corrected chi connectivity index (χ2v) is 4.43. The molecule has 6 heteroatoms. The first-order valence-electron chi connectivity index (χ1n) is 6.39. The molecule has 0 aliphatic carbocycles. The number of ether oxygens (including phenoxy) is 1. The first kappa shape index (κ1) is 13.9. The van der Waals surface area contributed by atoms with Gasteiger partial charge in [0.05, 0.1) is 24.9 Å². The summed E-state index contributed by atoms with van der Waals surface area (Å²) in [6, 6.07) is 7.58. The second-order valence-electron chi connectivity index (χ2n) is 4.43. The maximum Gasteiger partial charge on any atom is 0.220 e. The summed E-state index contributed by atoms with van der Waals surface area (Å²) in [6.07, 6.45) is 1.99. The number of anilines is 1. The molecule has 0 fully saturated rings. The van der Waals surface area contributed by atoms with Crippen molar-refractivity contribution in [1.82, 2.24) is 10.2 Å². The summed E-state index contributed by atoms with van der Waals surface area (Å²) >= 11 is 0. The van der Waals surface area contributed by atoms with E-state index in [9.17, 15) is 4.79 Å². The van der Waals surface area contributed by atoms with Crippen LogP contribution in [0.3, 0.4) is 0 Å². The van der Waals surface area contributed by atoms with Crippen LogP contribution < -0.4 is 15.8 Å². The lowest BCUT2D eigenvalue weighted by atomic mass is 10.2. The summed E-state index contributed by atoms with van der Waals surface area (Å²) in [5.74, 6) is 0.333. The van der Waals surface area contributed by atoms with Gasteiger partial charge in [0.25, 0.3) is 0 Å². The van der Waals surface area contributed by atoms with Crippen LogP contribution in [-0.2, 0) is 11.3 Å². The zero-order valence-corrected chi connectivity index (χ0v) is 11.3. The van der Waals surface area contributed by atoms with Gasteiger partial charge in [-0.25, -0.2) is 0 Å². The lowest BCUT2D eigenvalue weighted by Crippen LogP contribution is -2.15. The van der Waals surface area contributed by atoms with Gasteiger partial charge in [0.2, 0.25) is 5.91 Å². The molecule has 0 bridgehead atoms. The first-order valence-corrected chi connectivity index (χ1v) is 6.39.